The Hall–Kier alpha value is -1.30. The van der Waals surface area contributed by atoms with Crippen molar-refractivity contribution >= 4 is 12.1 Å². The van der Waals surface area contributed by atoms with Gasteiger partial charge in [0.1, 0.15) is 5.60 Å². The zero-order valence-electron chi connectivity index (χ0n) is 11.2. The summed E-state index contributed by atoms with van der Waals surface area (Å²) in [4.78, 5) is 22.0. The molecule has 0 bridgehead atoms. The summed E-state index contributed by atoms with van der Waals surface area (Å²) in [6, 6.07) is 0.0286. The largest absolute Gasteiger partial charge is 0.479 e. The number of carboxylic acid groups (broad SMARTS) is 1. The molecule has 18 heavy (non-hydrogen) atoms. The van der Waals surface area contributed by atoms with E-state index in [4.69, 9.17) is 14.6 Å². The first kappa shape index (κ1) is 14.8. The first-order valence-corrected chi connectivity index (χ1v) is 6.03. The molecule has 1 rings (SSSR count). The van der Waals surface area contributed by atoms with Crippen LogP contribution >= 0.6 is 0 Å². The van der Waals surface area contributed by atoms with E-state index in [1.54, 1.807) is 20.8 Å². The molecule has 1 fully saturated rings. The van der Waals surface area contributed by atoms with E-state index < -0.39 is 23.8 Å². The highest BCUT2D eigenvalue weighted by Gasteiger charge is 2.39. The van der Waals surface area contributed by atoms with Crippen LogP contribution in [0.15, 0.2) is 0 Å². The van der Waals surface area contributed by atoms with Crippen molar-refractivity contribution < 1.29 is 24.2 Å². The fourth-order valence-corrected chi connectivity index (χ4v) is 1.41. The van der Waals surface area contributed by atoms with Crippen molar-refractivity contribution in [1.29, 1.82) is 0 Å². The van der Waals surface area contributed by atoms with Crippen LogP contribution in [0.5, 0.6) is 0 Å². The Morgan fingerprint density at radius 2 is 2.06 bits per heavy atom. The van der Waals surface area contributed by atoms with Gasteiger partial charge in [-0.3, -0.25) is 0 Å². The summed E-state index contributed by atoms with van der Waals surface area (Å²) >= 11 is 0. The maximum Gasteiger partial charge on any atom is 0.407 e. The Morgan fingerprint density at radius 1 is 1.44 bits per heavy atom. The number of ether oxygens (including phenoxy) is 2. The minimum Gasteiger partial charge on any atom is -0.479 e. The molecule has 0 radical (unpaired) electrons. The fraction of sp³-hybridized carbons (Fsp3) is 0.833. The molecule has 6 nitrogen and oxygen atoms in total. The Bertz CT molecular complexity index is 323. The number of amides is 1. The molecule has 6 heteroatoms. The van der Waals surface area contributed by atoms with E-state index in [1.165, 1.54) is 6.92 Å². The fourth-order valence-electron chi connectivity index (χ4n) is 1.41. The second-order valence-corrected chi connectivity index (χ2v) is 5.56. The van der Waals surface area contributed by atoms with Gasteiger partial charge in [-0.15, -0.1) is 0 Å². The number of hydrogen-bond donors (Lipinski definition) is 2. The van der Waals surface area contributed by atoms with E-state index in [0.717, 1.165) is 6.42 Å². The lowest BCUT2D eigenvalue weighted by Crippen LogP contribution is -2.34. The van der Waals surface area contributed by atoms with Crippen molar-refractivity contribution in [1.82, 2.24) is 5.32 Å². The average Bonchev–Trinajstić information content (AvgIpc) is 2.89. The zero-order chi connectivity index (χ0) is 13.9. The summed E-state index contributed by atoms with van der Waals surface area (Å²) in [6.07, 6.45) is -0.458. The van der Waals surface area contributed by atoms with Gasteiger partial charge >= 0.3 is 12.1 Å². The number of nitrogens with one attached hydrogen (secondary N) is 1. The van der Waals surface area contributed by atoms with Crippen molar-refractivity contribution in [3.05, 3.63) is 0 Å². The van der Waals surface area contributed by atoms with Gasteiger partial charge in [0.25, 0.3) is 0 Å². The molecule has 0 spiro atoms. The van der Waals surface area contributed by atoms with Crippen molar-refractivity contribution in [2.45, 2.75) is 51.9 Å². The first-order valence-electron chi connectivity index (χ1n) is 6.03. The summed E-state index contributed by atoms with van der Waals surface area (Å²) in [5, 5.41) is 11.4. The molecule has 0 aliphatic heterocycles. The molecule has 0 saturated heterocycles. The number of carboxylic acids is 1. The van der Waals surface area contributed by atoms with E-state index in [-0.39, 0.29) is 12.0 Å². The van der Waals surface area contributed by atoms with Crippen LogP contribution in [0.4, 0.5) is 4.79 Å². The van der Waals surface area contributed by atoms with Crippen LogP contribution in [0, 0.1) is 5.92 Å². The number of alkyl carbamates (subject to hydrolysis) is 1. The minimum absolute atomic E-state index is 0.0286. The van der Waals surface area contributed by atoms with Crippen LogP contribution in [0.1, 0.15) is 34.1 Å². The third kappa shape index (κ3) is 5.35. The smallest absolute Gasteiger partial charge is 0.407 e. The lowest BCUT2D eigenvalue weighted by Gasteiger charge is -2.19. The molecule has 1 aliphatic rings. The molecule has 2 unspecified atom stereocenters. The second kappa shape index (κ2) is 5.56. The van der Waals surface area contributed by atoms with Crippen LogP contribution in [0.2, 0.25) is 0 Å². The molecule has 1 saturated carbocycles. The van der Waals surface area contributed by atoms with Gasteiger partial charge in [0, 0.05) is 12.0 Å². The molecule has 0 aromatic carbocycles. The molecule has 2 N–H and O–H groups in total. The molecule has 0 aromatic heterocycles. The summed E-state index contributed by atoms with van der Waals surface area (Å²) < 4.78 is 10.3. The van der Waals surface area contributed by atoms with Gasteiger partial charge in [-0.05, 0) is 34.1 Å². The molecule has 1 aliphatic carbocycles. The van der Waals surface area contributed by atoms with Gasteiger partial charge in [0.2, 0.25) is 0 Å². The average molecular weight is 259 g/mol. The van der Waals surface area contributed by atoms with Crippen LogP contribution in [0.3, 0.4) is 0 Å². The number of aliphatic carboxylic acids is 1. The third-order valence-electron chi connectivity index (χ3n) is 2.53. The Kier molecular flexibility index (Phi) is 4.56. The number of hydrogen-bond acceptors (Lipinski definition) is 4. The lowest BCUT2D eigenvalue weighted by molar-refractivity contribution is -0.149. The van der Waals surface area contributed by atoms with Crippen LogP contribution in [0.25, 0.3) is 0 Å². The number of rotatable bonds is 5. The maximum atomic E-state index is 11.4. The minimum atomic E-state index is -0.979. The van der Waals surface area contributed by atoms with Crippen LogP contribution < -0.4 is 5.32 Å². The molecule has 0 aromatic rings. The highest BCUT2D eigenvalue weighted by Crippen LogP contribution is 2.31. The topological polar surface area (TPSA) is 84.9 Å². The highest BCUT2D eigenvalue weighted by molar-refractivity contribution is 5.71. The van der Waals surface area contributed by atoms with Gasteiger partial charge in [0.05, 0.1) is 6.61 Å². The SMILES string of the molecule is C[C@@H](OCC1CC1NC(=O)OC(C)(C)C)C(=O)O. The van der Waals surface area contributed by atoms with Crippen LogP contribution in [-0.4, -0.2) is 41.5 Å². The lowest BCUT2D eigenvalue weighted by atomic mass is 10.2. The molecular formula is C12H21NO5. The quantitative estimate of drug-likeness (QED) is 0.779. The number of carbonyl (C=O) groups excluding carboxylic acids is 1. The monoisotopic (exact) mass is 259 g/mol. The predicted molar refractivity (Wildman–Crippen MR) is 64.3 cm³/mol. The van der Waals surface area contributed by atoms with E-state index in [9.17, 15) is 9.59 Å². The Balaban J connectivity index is 2.18. The summed E-state index contributed by atoms with van der Waals surface area (Å²) in [6.45, 7) is 7.23. The highest BCUT2D eigenvalue weighted by atomic mass is 16.6. The normalized spacial score (nSPS) is 24.2. The van der Waals surface area contributed by atoms with Gasteiger partial charge in [-0.25, -0.2) is 9.59 Å². The van der Waals surface area contributed by atoms with E-state index >= 15 is 0 Å². The summed E-state index contributed by atoms with van der Waals surface area (Å²) in [5.41, 5.74) is -0.511. The molecule has 3 atom stereocenters. The zero-order valence-corrected chi connectivity index (χ0v) is 11.2. The Morgan fingerprint density at radius 3 is 2.56 bits per heavy atom. The van der Waals surface area contributed by atoms with E-state index in [1.807, 2.05) is 0 Å². The van der Waals surface area contributed by atoms with Crippen LogP contribution in [-0.2, 0) is 14.3 Å². The standard InChI is InChI=1S/C12H21NO5/c1-7(10(14)15)17-6-8-5-9(8)13-11(16)18-12(2,3)4/h7-9H,5-6H2,1-4H3,(H,13,16)(H,14,15)/t7-,8?,9?/m1/s1. The maximum absolute atomic E-state index is 11.4. The van der Waals surface area contributed by atoms with Gasteiger partial charge < -0.3 is 19.9 Å². The predicted octanol–water partition coefficient (Wildman–Crippen LogP) is 1.39. The van der Waals surface area contributed by atoms with Crippen molar-refractivity contribution in [3.63, 3.8) is 0 Å². The second-order valence-electron chi connectivity index (χ2n) is 5.56. The number of carbonyl (C=O) groups is 2. The van der Waals surface area contributed by atoms with Gasteiger partial charge in [0.15, 0.2) is 6.10 Å². The first-order chi connectivity index (χ1) is 8.19. The van der Waals surface area contributed by atoms with Gasteiger partial charge in [-0.2, -0.15) is 0 Å². The van der Waals surface area contributed by atoms with Crippen molar-refractivity contribution in [2.24, 2.45) is 5.92 Å². The van der Waals surface area contributed by atoms with Crippen molar-refractivity contribution in [2.75, 3.05) is 6.61 Å². The molecule has 1 amide bonds. The molecular weight excluding hydrogens is 238 g/mol. The molecule has 104 valence electrons. The van der Waals surface area contributed by atoms with Gasteiger partial charge in [-0.1, -0.05) is 0 Å². The van der Waals surface area contributed by atoms with Crippen molar-refractivity contribution in [3.8, 4) is 0 Å². The van der Waals surface area contributed by atoms with E-state index in [0.29, 0.717) is 6.61 Å². The third-order valence-corrected chi connectivity index (χ3v) is 2.53. The van der Waals surface area contributed by atoms with E-state index in [2.05, 4.69) is 5.32 Å². The molecule has 0 heterocycles. The Labute approximate surface area is 107 Å². The summed E-state index contributed by atoms with van der Waals surface area (Å²) in [7, 11) is 0. The summed E-state index contributed by atoms with van der Waals surface area (Å²) in [5.74, 6) is -0.799.